The molecular weight excluding hydrogens is 280 g/mol. The first kappa shape index (κ1) is 12.3. The van der Waals surface area contributed by atoms with E-state index >= 15 is 0 Å². The average molecular weight is 295 g/mol. The third-order valence-corrected chi connectivity index (χ3v) is 3.00. The number of pyridine rings is 1. The van der Waals surface area contributed by atoms with Crippen LogP contribution in [-0.4, -0.2) is 11.5 Å². The highest BCUT2D eigenvalue weighted by Crippen LogP contribution is 2.19. The molecule has 90 valence electrons. The standard InChI is InChI=1S/C13H15BrN2O/c1-10(12-5-6-13(14)17-12)15-9-7-11-4-2-3-8-16-11/h2-6,8,10,15H,7,9H2,1H3. The first-order chi connectivity index (χ1) is 8.25. The van der Waals surface area contributed by atoms with E-state index in [1.54, 1.807) is 0 Å². The summed E-state index contributed by atoms with van der Waals surface area (Å²) in [5, 5.41) is 3.41. The van der Waals surface area contributed by atoms with Gasteiger partial charge in [0.2, 0.25) is 0 Å². The summed E-state index contributed by atoms with van der Waals surface area (Å²) in [6.45, 7) is 2.97. The van der Waals surface area contributed by atoms with Crippen molar-refractivity contribution in [2.75, 3.05) is 6.54 Å². The monoisotopic (exact) mass is 294 g/mol. The van der Waals surface area contributed by atoms with E-state index in [1.807, 2.05) is 36.5 Å². The number of nitrogens with one attached hydrogen (secondary N) is 1. The van der Waals surface area contributed by atoms with Gasteiger partial charge in [-0.15, -0.1) is 0 Å². The zero-order valence-corrected chi connectivity index (χ0v) is 11.3. The Bertz CT molecular complexity index is 455. The van der Waals surface area contributed by atoms with Crippen LogP contribution in [0.5, 0.6) is 0 Å². The van der Waals surface area contributed by atoms with Crippen LogP contribution in [0.1, 0.15) is 24.4 Å². The summed E-state index contributed by atoms with van der Waals surface area (Å²) >= 11 is 3.30. The van der Waals surface area contributed by atoms with Gasteiger partial charge < -0.3 is 9.73 Å². The molecule has 0 aliphatic carbocycles. The molecule has 2 rings (SSSR count). The number of hydrogen-bond donors (Lipinski definition) is 1. The molecule has 0 bridgehead atoms. The van der Waals surface area contributed by atoms with Crippen LogP contribution in [0.15, 0.2) is 45.6 Å². The van der Waals surface area contributed by atoms with E-state index in [0.717, 1.165) is 29.1 Å². The smallest absolute Gasteiger partial charge is 0.169 e. The summed E-state index contributed by atoms with van der Waals surface area (Å²) < 4.78 is 6.26. The Morgan fingerprint density at radius 3 is 2.88 bits per heavy atom. The number of halogens is 1. The van der Waals surface area contributed by atoms with Crippen LogP contribution in [0.4, 0.5) is 0 Å². The lowest BCUT2D eigenvalue weighted by atomic mass is 10.2. The fraction of sp³-hybridized carbons (Fsp3) is 0.308. The molecule has 1 unspecified atom stereocenters. The minimum atomic E-state index is 0.213. The number of hydrogen-bond acceptors (Lipinski definition) is 3. The van der Waals surface area contributed by atoms with Crippen molar-refractivity contribution in [1.29, 1.82) is 0 Å². The lowest BCUT2D eigenvalue weighted by Gasteiger charge is -2.10. The summed E-state index contributed by atoms with van der Waals surface area (Å²) in [5.74, 6) is 0.942. The van der Waals surface area contributed by atoms with Crippen LogP contribution in [0, 0.1) is 0 Å². The summed E-state index contributed by atoms with van der Waals surface area (Å²) in [4.78, 5) is 4.28. The number of rotatable bonds is 5. The van der Waals surface area contributed by atoms with E-state index in [2.05, 4.69) is 33.2 Å². The maximum Gasteiger partial charge on any atom is 0.169 e. The molecule has 1 N–H and O–H groups in total. The average Bonchev–Trinajstić information content (AvgIpc) is 2.77. The molecule has 3 nitrogen and oxygen atoms in total. The Morgan fingerprint density at radius 2 is 2.24 bits per heavy atom. The Hall–Kier alpha value is -1.13. The SMILES string of the molecule is CC(NCCc1ccccn1)c1ccc(Br)o1. The van der Waals surface area contributed by atoms with Gasteiger partial charge in [-0.25, -0.2) is 0 Å². The molecule has 17 heavy (non-hydrogen) atoms. The quantitative estimate of drug-likeness (QED) is 0.919. The van der Waals surface area contributed by atoms with Crippen molar-refractivity contribution in [3.63, 3.8) is 0 Å². The first-order valence-corrected chi connectivity index (χ1v) is 6.43. The fourth-order valence-corrected chi connectivity index (χ4v) is 1.94. The number of nitrogens with zero attached hydrogens (tertiary/aromatic N) is 1. The largest absolute Gasteiger partial charge is 0.453 e. The van der Waals surface area contributed by atoms with Gasteiger partial charge in [-0.1, -0.05) is 6.07 Å². The molecule has 0 radical (unpaired) electrons. The molecule has 0 spiro atoms. The van der Waals surface area contributed by atoms with Gasteiger partial charge in [0.15, 0.2) is 4.67 Å². The van der Waals surface area contributed by atoms with E-state index in [4.69, 9.17) is 4.42 Å². The van der Waals surface area contributed by atoms with E-state index in [9.17, 15) is 0 Å². The molecule has 4 heteroatoms. The molecule has 0 amide bonds. The second kappa shape index (κ2) is 5.98. The molecule has 0 saturated heterocycles. The molecule has 0 aromatic carbocycles. The van der Waals surface area contributed by atoms with E-state index in [0.29, 0.717) is 0 Å². The maximum absolute atomic E-state index is 5.49. The Morgan fingerprint density at radius 1 is 1.35 bits per heavy atom. The molecule has 2 aromatic heterocycles. The normalized spacial score (nSPS) is 12.6. The van der Waals surface area contributed by atoms with Crippen molar-refractivity contribution < 1.29 is 4.42 Å². The summed E-state index contributed by atoms with van der Waals surface area (Å²) in [6.07, 6.45) is 2.75. The van der Waals surface area contributed by atoms with E-state index in [1.165, 1.54) is 0 Å². The van der Waals surface area contributed by atoms with Crippen molar-refractivity contribution in [2.24, 2.45) is 0 Å². The second-order valence-corrected chi connectivity index (χ2v) is 4.67. The highest BCUT2D eigenvalue weighted by atomic mass is 79.9. The van der Waals surface area contributed by atoms with Crippen molar-refractivity contribution in [3.05, 3.63) is 52.7 Å². The van der Waals surface area contributed by atoms with Crippen molar-refractivity contribution >= 4 is 15.9 Å². The molecule has 0 aliphatic heterocycles. The highest BCUT2D eigenvalue weighted by molar-refractivity contribution is 9.10. The van der Waals surface area contributed by atoms with Crippen molar-refractivity contribution in [1.82, 2.24) is 10.3 Å². The first-order valence-electron chi connectivity index (χ1n) is 5.64. The molecule has 2 heterocycles. The maximum atomic E-state index is 5.49. The zero-order valence-electron chi connectivity index (χ0n) is 9.69. The second-order valence-electron chi connectivity index (χ2n) is 3.89. The number of furan rings is 1. The fourth-order valence-electron chi connectivity index (χ4n) is 1.62. The van der Waals surface area contributed by atoms with Gasteiger partial charge in [0.05, 0.1) is 6.04 Å². The lowest BCUT2D eigenvalue weighted by molar-refractivity contribution is 0.419. The van der Waals surface area contributed by atoms with Crippen LogP contribution < -0.4 is 5.32 Å². The third kappa shape index (κ3) is 3.68. The van der Waals surface area contributed by atoms with E-state index < -0.39 is 0 Å². The number of aromatic nitrogens is 1. The Labute approximate surface area is 109 Å². The molecule has 0 aliphatic rings. The van der Waals surface area contributed by atoms with Crippen molar-refractivity contribution in [2.45, 2.75) is 19.4 Å². The molecule has 0 fully saturated rings. The summed E-state index contributed by atoms with van der Waals surface area (Å²) in [5.41, 5.74) is 1.10. The summed E-state index contributed by atoms with van der Waals surface area (Å²) in [7, 11) is 0. The van der Waals surface area contributed by atoms with Gasteiger partial charge >= 0.3 is 0 Å². The minimum Gasteiger partial charge on any atom is -0.453 e. The molecular formula is C13H15BrN2O. The van der Waals surface area contributed by atoms with Crippen LogP contribution in [-0.2, 0) is 6.42 Å². The van der Waals surface area contributed by atoms with Gasteiger partial charge in [-0.3, -0.25) is 4.98 Å². The van der Waals surface area contributed by atoms with Gasteiger partial charge in [-0.2, -0.15) is 0 Å². The van der Waals surface area contributed by atoms with Gasteiger partial charge in [-0.05, 0) is 47.1 Å². The summed E-state index contributed by atoms with van der Waals surface area (Å²) in [6, 6.07) is 10.1. The van der Waals surface area contributed by atoms with Gasteiger partial charge in [0.25, 0.3) is 0 Å². The van der Waals surface area contributed by atoms with Crippen LogP contribution >= 0.6 is 15.9 Å². The van der Waals surface area contributed by atoms with Crippen LogP contribution in [0.25, 0.3) is 0 Å². The van der Waals surface area contributed by atoms with Crippen molar-refractivity contribution in [3.8, 4) is 0 Å². The van der Waals surface area contributed by atoms with Crippen LogP contribution in [0.3, 0.4) is 0 Å². The van der Waals surface area contributed by atoms with Gasteiger partial charge in [0.1, 0.15) is 5.76 Å². The van der Waals surface area contributed by atoms with Crippen LogP contribution in [0.2, 0.25) is 0 Å². The molecule has 1 atom stereocenters. The lowest BCUT2D eigenvalue weighted by Crippen LogP contribution is -2.21. The predicted molar refractivity (Wildman–Crippen MR) is 70.8 cm³/mol. The topological polar surface area (TPSA) is 38.1 Å². The highest BCUT2D eigenvalue weighted by Gasteiger charge is 2.08. The Balaban J connectivity index is 1.79. The third-order valence-electron chi connectivity index (χ3n) is 2.58. The Kier molecular flexibility index (Phi) is 4.34. The predicted octanol–water partition coefficient (Wildman–Crippen LogP) is 3.33. The minimum absolute atomic E-state index is 0.213. The van der Waals surface area contributed by atoms with Gasteiger partial charge in [0, 0.05) is 24.9 Å². The zero-order chi connectivity index (χ0) is 12.1. The molecule has 0 saturated carbocycles. The molecule has 2 aromatic rings. The van der Waals surface area contributed by atoms with E-state index in [-0.39, 0.29) is 6.04 Å².